The Kier molecular flexibility index (Phi) is 3.89. The largest absolute Gasteiger partial charge is 0.423 e. The van der Waals surface area contributed by atoms with Gasteiger partial charge in [-0.1, -0.05) is 12.1 Å². The molecule has 27 heavy (non-hydrogen) atoms. The number of fused-ring (bicyclic) bond motifs is 2. The van der Waals surface area contributed by atoms with Gasteiger partial charge in [0, 0.05) is 22.9 Å². The highest BCUT2D eigenvalue weighted by Crippen LogP contribution is 2.17. The van der Waals surface area contributed by atoms with E-state index in [4.69, 9.17) is 13.6 Å². The summed E-state index contributed by atoms with van der Waals surface area (Å²) in [6.07, 6.45) is 0. The lowest BCUT2D eigenvalue weighted by Gasteiger charge is -2.05. The lowest BCUT2D eigenvalue weighted by atomic mass is 10.1. The van der Waals surface area contributed by atoms with Gasteiger partial charge in [0.2, 0.25) is 0 Å². The molecule has 0 N–H and O–H groups in total. The summed E-state index contributed by atoms with van der Waals surface area (Å²) in [5.41, 5.74) is -0.590. The smallest absolute Gasteiger partial charge is 0.346 e. The minimum absolute atomic E-state index is 0.0533. The highest BCUT2D eigenvalue weighted by molar-refractivity contribution is 6.04. The van der Waals surface area contributed by atoms with Crippen LogP contribution in [0.4, 0.5) is 0 Å². The fraction of sp³-hybridized carbons (Fsp3) is 0. The van der Waals surface area contributed by atoms with E-state index in [9.17, 15) is 19.2 Å². The molecule has 7 heteroatoms. The lowest BCUT2D eigenvalue weighted by Crippen LogP contribution is -2.13. The molecule has 2 heterocycles. The average molecular weight is 362 g/mol. The Morgan fingerprint density at radius 1 is 0.630 bits per heavy atom. The van der Waals surface area contributed by atoms with Gasteiger partial charge in [0.1, 0.15) is 11.2 Å². The van der Waals surface area contributed by atoms with Crippen LogP contribution in [0.25, 0.3) is 21.9 Å². The van der Waals surface area contributed by atoms with Gasteiger partial charge in [-0.15, -0.1) is 0 Å². The van der Waals surface area contributed by atoms with Gasteiger partial charge in [-0.05, 0) is 36.4 Å². The molecule has 0 fully saturated rings. The predicted molar refractivity (Wildman–Crippen MR) is 94.7 cm³/mol. The molecule has 4 aromatic rings. The second kappa shape index (κ2) is 6.38. The van der Waals surface area contributed by atoms with Crippen molar-refractivity contribution in [2.75, 3.05) is 0 Å². The number of ether oxygens (including phenoxy) is 1. The maximum Gasteiger partial charge on any atom is 0.346 e. The molecule has 0 unspecified atom stereocenters. The number of carbonyl (C=O) groups is 2. The van der Waals surface area contributed by atoms with Gasteiger partial charge < -0.3 is 13.6 Å². The molecule has 0 saturated carbocycles. The van der Waals surface area contributed by atoms with Crippen molar-refractivity contribution in [3.05, 3.63) is 92.6 Å². The monoisotopic (exact) mass is 362 g/mol. The van der Waals surface area contributed by atoms with Crippen molar-refractivity contribution in [1.82, 2.24) is 0 Å². The van der Waals surface area contributed by atoms with Crippen LogP contribution in [0.5, 0.6) is 0 Å². The van der Waals surface area contributed by atoms with Crippen LogP contribution >= 0.6 is 0 Å². The predicted octanol–water partition coefficient (Wildman–Crippen LogP) is 2.90. The zero-order chi connectivity index (χ0) is 19.0. The molecule has 0 radical (unpaired) electrons. The quantitative estimate of drug-likeness (QED) is 0.307. The van der Waals surface area contributed by atoms with E-state index < -0.39 is 23.2 Å². The third-order valence-corrected chi connectivity index (χ3v) is 3.90. The van der Waals surface area contributed by atoms with Gasteiger partial charge in [0.15, 0.2) is 0 Å². The first-order chi connectivity index (χ1) is 13.0. The number of carbonyl (C=O) groups excluding carboxylic acids is 2. The van der Waals surface area contributed by atoms with Crippen LogP contribution in [0.1, 0.15) is 20.7 Å². The molecule has 0 saturated heterocycles. The van der Waals surface area contributed by atoms with Crippen molar-refractivity contribution in [3.63, 3.8) is 0 Å². The van der Waals surface area contributed by atoms with E-state index in [1.54, 1.807) is 24.3 Å². The summed E-state index contributed by atoms with van der Waals surface area (Å²) in [6, 6.07) is 14.4. The molecule has 2 aromatic carbocycles. The fourth-order valence-electron chi connectivity index (χ4n) is 2.58. The molecule has 0 aliphatic rings. The summed E-state index contributed by atoms with van der Waals surface area (Å²) in [6.45, 7) is 0. The fourth-order valence-corrected chi connectivity index (χ4v) is 2.58. The topological polar surface area (TPSA) is 104 Å². The number of hydrogen-bond acceptors (Lipinski definition) is 7. The van der Waals surface area contributed by atoms with Crippen LogP contribution in [-0.2, 0) is 4.74 Å². The van der Waals surface area contributed by atoms with E-state index in [1.807, 2.05) is 0 Å². The first-order valence-electron chi connectivity index (χ1n) is 7.84. The number of benzene rings is 2. The van der Waals surface area contributed by atoms with Crippen LogP contribution in [-0.4, -0.2) is 11.9 Å². The molecular weight excluding hydrogens is 352 g/mol. The Labute approximate surface area is 150 Å². The summed E-state index contributed by atoms with van der Waals surface area (Å²) in [4.78, 5) is 47.1. The van der Waals surface area contributed by atoms with Crippen molar-refractivity contribution in [3.8, 4) is 0 Å². The SMILES string of the molecule is O=C(OC(=O)c1ccc2ccc(=O)oc2c1)c1ccc2ccc(=O)oc2c1. The third kappa shape index (κ3) is 3.25. The van der Waals surface area contributed by atoms with Crippen LogP contribution in [0.2, 0.25) is 0 Å². The van der Waals surface area contributed by atoms with E-state index in [0.29, 0.717) is 10.8 Å². The second-order valence-electron chi connectivity index (χ2n) is 5.69. The molecule has 4 rings (SSSR count). The van der Waals surface area contributed by atoms with E-state index in [-0.39, 0.29) is 22.3 Å². The van der Waals surface area contributed by atoms with Crippen molar-refractivity contribution >= 4 is 33.9 Å². The lowest BCUT2D eigenvalue weighted by molar-refractivity contribution is 0.0397. The molecule has 0 bridgehead atoms. The van der Waals surface area contributed by atoms with Crippen molar-refractivity contribution in [2.45, 2.75) is 0 Å². The Bertz CT molecular complexity index is 1220. The molecule has 132 valence electrons. The standard InChI is InChI=1S/C20H10O7/c21-17-7-5-11-1-3-13(9-15(11)25-17)19(23)27-20(24)14-4-2-12-6-8-18(22)26-16(12)10-14/h1-10H. The molecule has 2 aromatic heterocycles. The number of esters is 2. The van der Waals surface area contributed by atoms with E-state index in [0.717, 1.165) is 0 Å². The van der Waals surface area contributed by atoms with Crippen LogP contribution in [0.15, 0.2) is 79.1 Å². The third-order valence-electron chi connectivity index (χ3n) is 3.90. The second-order valence-corrected chi connectivity index (χ2v) is 5.69. The average Bonchev–Trinajstić information content (AvgIpc) is 2.66. The number of hydrogen-bond donors (Lipinski definition) is 0. The molecule has 0 spiro atoms. The summed E-state index contributed by atoms with van der Waals surface area (Å²) in [5.74, 6) is -1.80. The highest BCUT2D eigenvalue weighted by atomic mass is 16.6. The Morgan fingerprint density at radius 2 is 1.04 bits per heavy atom. The van der Waals surface area contributed by atoms with Crippen LogP contribution in [0, 0.1) is 0 Å². The van der Waals surface area contributed by atoms with Crippen molar-refractivity contribution in [2.24, 2.45) is 0 Å². The molecule has 7 nitrogen and oxygen atoms in total. The number of rotatable bonds is 2. The first kappa shape index (κ1) is 16.5. The molecule has 0 aliphatic heterocycles. The molecule has 0 aliphatic carbocycles. The Balaban J connectivity index is 1.61. The maximum absolute atomic E-state index is 12.2. The van der Waals surface area contributed by atoms with Crippen molar-refractivity contribution in [1.29, 1.82) is 0 Å². The van der Waals surface area contributed by atoms with Gasteiger partial charge in [-0.2, -0.15) is 0 Å². The van der Waals surface area contributed by atoms with E-state index in [2.05, 4.69) is 0 Å². The highest BCUT2D eigenvalue weighted by Gasteiger charge is 2.16. The summed E-state index contributed by atoms with van der Waals surface area (Å²) in [7, 11) is 0. The van der Waals surface area contributed by atoms with Crippen LogP contribution in [0.3, 0.4) is 0 Å². The van der Waals surface area contributed by atoms with Crippen LogP contribution < -0.4 is 11.3 Å². The minimum Gasteiger partial charge on any atom is -0.423 e. The maximum atomic E-state index is 12.2. The van der Waals surface area contributed by atoms with E-state index >= 15 is 0 Å². The summed E-state index contributed by atoms with van der Waals surface area (Å²) < 4.78 is 14.9. The van der Waals surface area contributed by atoms with E-state index in [1.165, 1.54) is 36.4 Å². The Hall–Kier alpha value is -4.00. The minimum atomic E-state index is -0.900. The summed E-state index contributed by atoms with van der Waals surface area (Å²) >= 11 is 0. The van der Waals surface area contributed by atoms with Gasteiger partial charge in [0.05, 0.1) is 11.1 Å². The van der Waals surface area contributed by atoms with Gasteiger partial charge in [-0.3, -0.25) is 0 Å². The normalized spacial score (nSPS) is 10.8. The molecule has 0 amide bonds. The summed E-state index contributed by atoms with van der Waals surface area (Å²) in [5, 5.41) is 1.25. The van der Waals surface area contributed by atoms with Gasteiger partial charge >= 0.3 is 23.2 Å². The van der Waals surface area contributed by atoms with Crippen molar-refractivity contribution < 1.29 is 23.2 Å². The zero-order valence-corrected chi connectivity index (χ0v) is 13.6. The van der Waals surface area contributed by atoms with Gasteiger partial charge in [0.25, 0.3) is 0 Å². The first-order valence-corrected chi connectivity index (χ1v) is 7.84. The molecule has 0 atom stereocenters. The zero-order valence-electron chi connectivity index (χ0n) is 13.6. The molecular formula is C20H10O7. The van der Waals surface area contributed by atoms with Gasteiger partial charge in [-0.25, -0.2) is 19.2 Å². The Morgan fingerprint density at radius 3 is 1.48 bits per heavy atom.